The van der Waals surface area contributed by atoms with Gasteiger partial charge in [0.25, 0.3) is 0 Å². The van der Waals surface area contributed by atoms with Crippen molar-refractivity contribution < 1.29 is 22.7 Å². The molecule has 1 aliphatic rings. The van der Waals surface area contributed by atoms with E-state index in [4.69, 9.17) is 4.74 Å². The molecule has 0 amide bonds. The van der Waals surface area contributed by atoms with Crippen LogP contribution >= 0.6 is 23.5 Å². The number of ether oxygens (including phenoxy) is 1. The van der Waals surface area contributed by atoms with Gasteiger partial charge in [0.2, 0.25) is 0 Å². The number of alkyl halides is 3. The number of carbonyl (C=O) groups is 1. The van der Waals surface area contributed by atoms with Crippen LogP contribution in [-0.4, -0.2) is 30.6 Å². The van der Waals surface area contributed by atoms with Crippen LogP contribution in [0.5, 0.6) is 5.75 Å². The van der Waals surface area contributed by atoms with E-state index in [0.717, 1.165) is 23.5 Å². The number of rotatable bonds is 3. The molecule has 0 radical (unpaired) electrons. The summed E-state index contributed by atoms with van der Waals surface area (Å²) in [7, 11) is 1.45. The SMILES string of the molecule is COc1ccc(C(=O)C(=C2SCCS2)C(F)(F)F)cc1. The van der Waals surface area contributed by atoms with Crippen LogP contribution in [0.4, 0.5) is 13.2 Å². The minimum Gasteiger partial charge on any atom is -0.497 e. The van der Waals surface area contributed by atoms with Crippen LogP contribution in [0.25, 0.3) is 0 Å². The van der Waals surface area contributed by atoms with E-state index < -0.39 is 17.5 Å². The van der Waals surface area contributed by atoms with Crippen molar-refractivity contribution in [1.29, 1.82) is 0 Å². The van der Waals surface area contributed by atoms with Gasteiger partial charge >= 0.3 is 6.18 Å². The number of Topliss-reactive ketones (excluding diaryl/α,β-unsaturated/α-hetero) is 1. The molecule has 0 bridgehead atoms. The Labute approximate surface area is 122 Å². The molecule has 2 rings (SSSR count). The summed E-state index contributed by atoms with van der Waals surface area (Å²) in [6.45, 7) is 0. The van der Waals surface area contributed by atoms with E-state index >= 15 is 0 Å². The molecule has 0 saturated carbocycles. The molecule has 0 N–H and O–H groups in total. The van der Waals surface area contributed by atoms with Gasteiger partial charge < -0.3 is 4.74 Å². The molecule has 1 aromatic carbocycles. The lowest BCUT2D eigenvalue weighted by Crippen LogP contribution is -2.21. The Hall–Kier alpha value is -1.08. The Bertz CT molecular complexity index is 528. The third-order valence-electron chi connectivity index (χ3n) is 2.62. The summed E-state index contributed by atoms with van der Waals surface area (Å²) >= 11 is 2.17. The molecule has 1 aliphatic heterocycles. The quantitative estimate of drug-likeness (QED) is 0.618. The molecule has 1 saturated heterocycles. The van der Waals surface area contributed by atoms with Crippen molar-refractivity contribution >= 4 is 29.3 Å². The van der Waals surface area contributed by atoms with Gasteiger partial charge in [0.1, 0.15) is 11.3 Å². The first-order valence-corrected chi connectivity index (χ1v) is 7.66. The van der Waals surface area contributed by atoms with E-state index in [0.29, 0.717) is 17.3 Å². The predicted molar refractivity (Wildman–Crippen MR) is 75.3 cm³/mol. The number of carbonyl (C=O) groups excluding carboxylic acids is 1. The molecule has 108 valence electrons. The first kappa shape index (κ1) is 15.3. The van der Waals surface area contributed by atoms with Gasteiger partial charge in [-0.3, -0.25) is 4.79 Å². The maximum atomic E-state index is 13.1. The molecule has 1 fully saturated rings. The third-order valence-corrected chi connectivity index (χ3v) is 5.33. The zero-order valence-electron chi connectivity index (χ0n) is 10.5. The standard InChI is InChI=1S/C13H11F3O2S2/c1-18-9-4-2-8(3-5-9)11(17)10(13(14,15)16)12-19-6-7-20-12/h2-5H,6-7H2,1H3. The molecule has 0 spiro atoms. The Kier molecular flexibility index (Phi) is 4.70. The molecular weight excluding hydrogens is 309 g/mol. The highest BCUT2D eigenvalue weighted by atomic mass is 32.2. The highest BCUT2D eigenvalue weighted by molar-refractivity contribution is 8.25. The molecule has 0 unspecified atom stereocenters. The average Bonchev–Trinajstić information content (AvgIpc) is 2.91. The number of methoxy groups -OCH3 is 1. The Morgan fingerprint density at radius 3 is 2.15 bits per heavy atom. The first-order valence-electron chi connectivity index (χ1n) is 5.69. The smallest absolute Gasteiger partial charge is 0.421 e. The van der Waals surface area contributed by atoms with Crippen molar-refractivity contribution in [1.82, 2.24) is 0 Å². The van der Waals surface area contributed by atoms with Gasteiger partial charge in [-0.1, -0.05) is 0 Å². The summed E-state index contributed by atoms with van der Waals surface area (Å²) in [6.07, 6.45) is -4.64. The molecule has 1 aromatic rings. The van der Waals surface area contributed by atoms with Gasteiger partial charge in [-0.2, -0.15) is 13.2 Å². The highest BCUT2D eigenvalue weighted by Gasteiger charge is 2.42. The number of hydrogen-bond donors (Lipinski definition) is 0. The number of allylic oxidation sites excluding steroid dienone is 1. The van der Waals surface area contributed by atoms with Crippen molar-refractivity contribution in [2.75, 3.05) is 18.6 Å². The first-order chi connectivity index (χ1) is 9.43. The summed E-state index contributed by atoms with van der Waals surface area (Å²) < 4.78 is 44.4. The zero-order valence-corrected chi connectivity index (χ0v) is 12.1. The van der Waals surface area contributed by atoms with E-state index in [1.165, 1.54) is 31.4 Å². The van der Waals surface area contributed by atoms with Crippen molar-refractivity contribution in [3.63, 3.8) is 0 Å². The van der Waals surface area contributed by atoms with E-state index in [1.54, 1.807) is 0 Å². The number of hydrogen-bond acceptors (Lipinski definition) is 4. The van der Waals surface area contributed by atoms with Crippen molar-refractivity contribution in [3.05, 3.63) is 39.6 Å². The Balaban J connectivity index is 2.38. The van der Waals surface area contributed by atoms with Gasteiger partial charge in [-0.25, -0.2) is 0 Å². The van der Waals surface area contributed by atoms with Crippen LogP contribution in [0.2, 0.25) is 0 Å². The fraction of sp³-hybridized carbons (Fsp3) is 0.308. The topological polar surface area (TPSA) is 26.3 Å². The van der Waals surface area contributed by atoms with Gasteiger partial charge in [0, 0.05) is 17.1 Å². The molecule has 0 aromatic heterocycles. The normalized spacial score (nSPS) is 15.3. The zero-order chi connectivity index (χ0) is 14.8. The molecule has 1 heterocycles. The maximum absolute atomic E-state index is 13.1. The fourth-order valence-corrected chi connectivity index (χ4v) is 4.25. The molecule has 0 atom stereocenters. The van der Waals surface area contributed by atoms with E-state index in [-0.39, 0.29) is 9.80 Å². The third kappa shape index (κ3) is 3.32. The molecule has 20 heavy (non-hydrogen) atoms. The summed E-state index contributed by atoms with van der Waals surface area (Å²) in [5.74, 6) is 0.690. The minimum absolute atomic E-state index is 0.0127. The largest absolute Gasteiger partial charge is 0.497 e. The lowest BCUT2D eigenvalue weighted by atomic mass is 10.0. The van der Waals surface area contributed by atoms with E-state index in [9.17, 15) is 18.0 Å². The van der Waals surface area contributed by atoms with Crippen LogP contribution in [0.1, 0.15) is 10.4 Å². The predicted octanol–water partition coefficient (Wildman–Crippen LogP) is 4.13. The second-order valence-corrected chi connectivity index (χ2v) is 6.38. The second kappa shape index (κ2) is 6.13. The monoisotopic (exact) mass is 320 g/mol. The molecule has 7 heteroatoms. The Morgan fingerprint density at radius 1 is 1.15 bits per heavy atom. The van der Waals surface area contributed by atoms with Crippen LogP contribution in [0.3, 0.4) is 0 Å². The van der Waals surface area contributed by atoms with Crippen LogP contribution in [-0.2, 0) is 0 Å². The number of thioether (sulfide) groups is 2. The van der Waals surface area contributed by atoms with Crippen LogP contribution < -0.4 is 4.74 Å². The van der Waals surface area contributed by atoms with E-state index in [2.05, 4.69) is 0 Å². The highest BCUT2D eigenvalue weighted by Crippen LogP contribution is 2.44. The van der Waals surface area contributed by atoms with Gasteiger partial charge in [-0.05, 0) is 24.3 Å². The number of ketones is 1. The summed E-state index contributed by atoms with van der Waals surface area (Å²) in [6, 6.07) is 5.64. The lowest BCUT2D eigenvalue weighted by molar-refractivity contribution is -0.0887. The second-order valence-electron chi connectivity index (χ2n) is 3.91. The van der Waals surface area contributed by atoms with Gasteiger partial charge in [0.15, 0.2) is 5.78 Å². The number of halogens is 3. The fourth-order valence-electron chi connectivity index (χ4n) is 1.68. The molecule has 2 nitrogen and oxygen atoms in total. The van der Waals surface area contributed by atoms with Crippen molar-refractivity contribution in [3.8, 4) is 5.75 Å². The lowest BCUT2D eigenvalue weighted by Gasteiger charge is -2.13. The van der Waals surface area contributed by atoms with Gasteiger partial charge in [-0.15, -0.1) is 23.5 Å². The Morgan fingerprint density at radius 2 is 1.70 bits per heavy atom. The molecular formula is C13H11F3O2S2. The maximum Gasteiger partial charge on any atom is 0.421 e. The van der Waals surface area contributed by atoms with E-state index in [1.807, 2.05) is 0 Å². The molecule has 0 aliphatic carbocycles. The van der Waals surface area contributed by atoms with Crippen LogP contribution in [0, 0.1) is 0 Å². The van der Waals surface area contributed by atoms with Crippen molar-refractivity contribution in [2.24, 2.45) is 0 Å². The number of benzene rings is 1. The van der Waals surface area contributed by atoms with Crippen molar-refractivity contribution in [2.45, 2.75) is 6.18 Å². The minimum atomic E-state index is -4.64. The van der Waals surface area contributed by atoms with Crippen LogP contribution in [0.15, 0.2) is 34.1 Å². The summed E-state index contributed by atoms with van der Waals surface area (Å²) in [4.78, 5) is 12.1. The average molecular weight is 320 g/mol. The van der Waals surface area contributed by atoms with Gasteiger partial charge in [0.05, 0.1) is 11.3 Å². The summed E-state index contributed by atoms with van der Waals surface area (Å²) in [5.41, 5.74) is -1.05. The summed E-state index contributed by atoms with van der Waals surface area (Å²) in [5, 5.41) is 0.